The van der Waals surface area contributed by atoms with Gasteiger partial charge in [0.15, 0.2) is 6.61 Å². The number of halogens is 4. The molecule has 1 N–H and O–H groups in total. The van der Waals surface area contributed by atoms with Crippen LogP contribution in [0.2, 0.25) is 5.02 Å². The predicted octanol–water partition coefficient (Wildman–Crippen LogP) is 6.42. The maximum absolute atomic E-state index is 11.9. The van der Waals surface area contributed by atoms with E-state index in [-0.39, 0.29) is 6.61 Å². The van der Waals surface area contributed by atoms with Crippen LogP contribution in [0, 0.1) is 0 Å². The molecule has 1 amide bonds. The second-order valence-electron chi connectivity index (χ2n) is 5.49. The summed E-state index contributed by atoms with van der Waals surface area (Å²) in [6.07, 6.45) is 1.41. The molecule has 0 saturated heterocycles. The fraction of sp³-hybridized carbons (Fsp3) is 0.0526. The van der Waals surface area contributed by atoms with Crippen molar-refractivity contribution in [3.63, 3.8) is 0 Å². The number of hydrazone groups is 1. The van der Waals surface area contributed by atoms with Gasteiger partial charge in [0.25, 0.3) is 5.91 Å². The third-order valence-electron chi connectivity index (χ3n) is 3.43. The summed E-state index contributed by atoms with van der Waals surface area (Å²) in [4.78, 5) is 11.9. The van der Waals surface area contributed by atoms with Crippen LogP contribution in [0.1, 0.15) is 5.76 Å². The van der Waals surface area contributed by atoms with E-state index >= 15 is 0 Å². The van der Waals surface area contributed by atoms with Crippen molar-refractivity contribution in [2.45, 2.75) is 0 Å². The normalized spacial score (nSPS) is 11.0. The van der Waals surface area contributed by atoms with E-state index < -0.39 is 5.91 Å². The lowest BCUT2D eigenvalue weighted by molar-refractivity contribution is -0.123. The monoisotopic (exact) mass is 588 g/mol. The lowest BCUT2D eigenvalue weighted by Crippen LogP contribution is -2.24. The Kier molecular flexibility index (Phi) is 7.34. The molecule has 5 nitrogen and oxygen atoms in total. The molecule has 1 aromatic heterocycles. The molecule has 0 aliphatic heterocycles. The third kappa shape index (κ3) is 5.70. The zero-order valence-electron chi connectivity index (χ0n) is 14.1. The molecule has 0 saturated carbocycles. The van der Waals surface area contributed by atoms with Crippen LogP contribution in [0.15, 0.2) is 71.5 Å². The number of amides is 1. The van der Waals surface area contributed by atoms with Crippen LogP contribution in [-0.2, 0) is 4.79 Å². The van der Waals surface area contributed by atoms with Crippen LogP contribution in [0.4, 0.5) is 0 Å². The highest BCUT2D eigenvalue weighted by atomic mass is 79.9. The molecule has 0 spiro atoms. The number of hydrogen-bond acceptors (Lipinski definition) is 4. The highest BCUT2D eigenvalue weighted by molar-refractivity contribution is 9.11. The van der Waals surface area contributed by atoms with Crippen molar-refractivity contribution in [2.24, 2.45) is 5.10 Å². The fourth-order valence-electron chi connectivity index (χ4n) is 2.22. The Hall–Kier alpha value is -1.61. The van der Waals surface area contributed by atoms with Gasteiger partial charge in [-0.05, 0) is 68.3 Å². The molecule has 0 aliphatic carbocycles. The SMILES string of the molecule is O=C(COc1c(Br)cc(Br)cc1Br)N/N=C\c1ccc(-c2cccc(Cl)c2)o1. The average molecular weight is 591 g/mol. The zero-order chi connectivity index (χ0) is 20.1. The molecule has 2 aromatic carbocycles. The van der Waals surface area contributed by atoms with Crippen LogP contribution in [0.25, 0.3) is 11.3 Å². The Balaban J connectivity index is 1.54. The first kappa shape index (κ1) is 21.1. The number of benzene rings is 2. The van der Waals surface area contributed by atoms with E-state index in [9.17, 15) is 4.79 Å². The second kappa shape index (κ2) is 9.73. The van der Waals surface area contributed by atoms with Crippen LogP contribution < -0.4 is 10.2 Å². The highest BCUT2D eigenvalue weighted by Crippen LogP contribution is 2.36. The summed E-state index contributed by atoms with van der Waals surface area (Å²) in [5.74, 6) is 1.28. The van der Waals surface area contributed by atoms with E-state index in [1.54, 1.807) is 24.3 Å². The van der Waals surface area contributed by atoms with E-state index in [1.807, 2.05) is 24.3 Å². The lowest BCUT2D eigenvalue weighted by Gasteiger charge is -2.09. The molecule has 1 heterocycles. The second-order valence-corrected chi connectivity index (χ2v) is 8.55. The van der Waals surface area contributed by atoms with E-state index in [0.29, 0.717) is 31.2 Å². The minimum atomic E-state index is -0.403. The summed E-state index contributed by atoms with van der Waals surface area (Å²) >= 11 is 16.1. The van der Waals surface area contributed by atoms with Gasteiger partial charge >= 0.3 is 0 Å². The number of nitrogens with one attached hydrogen (secondary N) is 1. The van der Waals surface area contributed by atoms with E-state index in [0.717, 1.165) is 10.0 Å². The lowest BCUT2D eigenvalue weighted by atomic mass is 10.2. The maximum atomic E-state index is 11.9. The molecule has 3 aromatic rings. The van der Waals surface area contributed by atoms with Crippen LogP contribution in [-0.4, -0.2) is 18.7 Å². The smallest absolute Gasteiger partial charge is 0.277 e. The number of carbonyl (C=O) groups is 1. The van der Waals surface area contributed by atoms with Crippen molar-refractivity contribution in [2.75, 3.05) is 6.61 Å². The highest BCUT2D eigenvalue weighted by Gasteiger charge is 2.10. The molecule has 0 radical (unpaired) electrons. The number of carbonyl (C=O) groups excluding carboxylic acids is 1. The predicted molar refractivity (Wildman–Crippen MR) is 120 cm³/mol. The largest absolute Gasteiger partial charge is 0.481 e. The quantitative estimate of drug-likeness (QED) is 0.266. The first-order valence-electron chi connectivity index (χ1n) is 7.87. The average Bonchev–Trinajstić information content (AvgIpc) is 3.10. The Morgan fingerprint density at radius 3 is 2.61 bits per heavy atom. The Morgan fingerprint density at radius 1 is 1.14 bits per heavy atom. The number of hydrogen-bond donors (Lipinski definition) is 1. The van der Waals surface area contributed by atoms with Crippen molar-refractivity contribution in [1.82, 2.24) is 5.43 Å². The van der Waals surface area contributed by atoms with E-state index in [4.69, 9.17) is 20.8 Å². The summed E-state index contributed by atoms with van der Waals surface area (Å²) < 4.78 is 13.5. The molecule has 0 unspecified atom stereocenters. The first-order valence-corrected chi connectivity index (χ1v) is 10.6. The van der Waals surface area contributed by atoms with E-state index in [2.05, 4.69) is 58.3 Å². The summed E-state index contributed by atoms with van der Waals surface area (Å²) in [5, 5.41) is 4.51. The van der Waals surface area contributed by atoms with Gasteiger partial charge in [-0.25, -0.2) is 5.43 Å². The van der Waals surface area contributed by atoms with Crippen molar-refractivity contribution >= 4 is 71.5 Å². The van der Waals surface area contributed by atoms with Gasteiger partial charge in [0, 0.05) is 15.1 Å². The van der Waals surface area contributed by atoms with Gasteiger partial charge in [0.1, 0.15) is 17.3 Å². The van der Waals surface area contributed by atoms with Gasteiger partial charge in [0.2, 0.25) is 0 Å². The summed E-state index contributed by atoms with van der Waals surface area (Å²) in [6.45, 7) is -0.192. The summed E-state index contributed by atoms with van der Waals surface area (Å²) in [7, 11) is 0. The number of nitrogens with zero attached hydrogens (tertiary/aromatic N) is 1. The molecule has 0 atom stereocenters. The zero-order valence-corrected chi connectivity index (χ0v) is 19.6. The Bertz CT molecular complexity index is 1010. The number of furan rings is 1. The number of rotatable bonds is 6. The molecule has 3 rings (SSSR count). The van der Waals surface area contributed by atoms with Crippen molar-refractivity contribution in [1.29, 1.82) is 0 Å². The van der Waals surface area contributed by atoms with Crippen LogP contribution >= 0.6 is 59.4 Å². The molecule has 0 fully saturated rings. The maximum Gasteiger partial charge on any atom is 0.277 e. The van der Waals surface area contributed by atoms with Gasteiger partial charge in [0.05, 0.1) is 15.2 Å². The van der Waals surface area contributed by atoms with Crippen molar-refractivity contribution < 1.29 is 13.9 Å². The standard InChI is InChI=1S/C19H12Br3ClN2O3/c20-12-7-15(21)19(16(22)8-12)27-10-18(26)25-24-9-14-4-5-17(28-14)11-2-1-3-13(23)6-11/h1-9H,10H2,(H,25,26)/b24-9-. The van der Waals surface area contributed by atoms with Crippen molar-refractivity contribution in [3.05, 3.63) is 72.7 Å². The Morgan fingerprint density at radius 2 is 1.89 bits per heavy atom. The van der Waals surface area contributed by atoms with Gasteiger partial charge in [-0.15, -0.1) is 0 Å². The van der Waals surface area contributed by atoms with Crippen molar-refractivity contribution in [3.8, 4) is 17.1 Å². The summed E-state index contributed by atoms with van der Waals surface area (Å²) in [6, 6.07) is 14.5. The van der Waals surface area contributed by atoms with Gasteiger partial charge < -0.3 is 9.15 Å². The fourth-order valence-corrected chi connectivity index (χ4v) is 4.90. The molecule has 144 valence electrons. The minimum absolute atomic E-state index is 0.192. The van der Waals surface area contributed by atoms with Gasteiger partial charge in [-0.3, -0.25) is 4.79 Å². The molecule has 9 heteroatoms. The number of ether oxygens (including phenoxy) is 1. The molecular weight excluding hydrogens is 579 g/mol. The van der Waals surface area contributed by atoms with Crippen LogP contribution in [0.5, 0.6) is 5.75 Å². The minimum Gasteiger partial charge on any atom is -0.481 e. The van der Waals surface area contributed by atoms with E-state index in [1.165, 1.54) is 6.21 Å². The molecular formula is C19H12Br3ClN2O3. The van der Waals surface area contributed by atoms with Crippen LogP contribution in [0.3, 0.4) is 0 Å². The van der Waals surface area contributed by atoms with Gasteiger partial charge in [-0.1, -0.05) is 39.7 Å². The molecule has 28 heavy (non-hydrogen) atoms. The first-order chi connectivity index (χ1) is 13.4. The molecule has 0 bridgehead atoms. The topological polar surface area (TPSA) is 63.8 Å². The summed E-state index contributed by atoms with van der Waals surface area (Å²) in [5.41, 5.74) is 3.25. The molecule has 0 aliphatic rings. The Labute approximate surface area is 191 Å². The third-order valence-corrected chi connectivity index (χ3v) is 5.30. The van der Waals surface area contributed by atoms with Gasteiger partial charge in [-0.2, -0.15) is 5.10 Å².